The van der Waals surface area contributed by atoms with Crippen molar-refractivity contribution < 1.29 is 9.21 Å². The molecule has 0 bridgehead atoms. The number of halogens is 1. The van der Waals surface area contributed by atoms with Crippen molar-refractivity contribution >= 4 is 28.1 Å². The van der Waals surface area contributed by atoms with Crippen LogP contribution in [0.15, 0.2) is 29.0 Å². The van der Waals surface area contributed by atoms with E-state index in [0.717, 1.165) is 16.7 Å². The highest BCUT2D eigenvalue weighted by molar-refractivity contribution is 6.62. The Balaban J connectivity index is 2.27. The maximum absolute atomic E-state index is 10.7. The number of amides is 1. The molecule has 1 aromatic heterocycles. The van der Waals surface area contributed by atoms with Crippen molar-refractivity contribution in [1.82, 2.24) is 10.3 Å². The van der Waals surface area contributed by atoms with Gasteiger partial charge in [-0.2, -0.15) is 0 Å². The number of carbonyl (C=O) groups excluding carboxylic acids is 1. The van der Waals surface area contributed by atoms with Crippen molar-refractivity contribution in [3.63, 3.8) is 0 Å². The summed E-state index contributed by atoms with van der Waals surface area (Å²) in [5, 5.41) is 2.06. The molecule has 2 rings (SSSR count). The smallest absolute Gasteiger partial charge is 0.313 e. The summed E-state index contributed by atoms with van der Waals surface area (Å²) < 4.78 is 5.25. The van der Waals surface area contributed by atoms with Crippen LogP contribution in [0.5, 0.6) is 0 Å². The summed E-state index contributed by atoms with van der Waals surface area (Å²) in [4.78, 5) is 14.8. The molecule has 1 N–H and O–H groups in total. The zero-order chi connectivity index (χ0) is 12.5. The van der Waals surface area contributed by atoms with Gasteiger partial charge in [0.1, 0.15) is 5.52 Å². The quantitative estimate of drug-likeness (QED) is 0.675. The monoisotopic (exact) mass is 252 g/mol. The molecule has 1 aromatic carbocycles. The fourth-order valence-electron chi connectivity index (χ4n) is 1.67. The lowest BCUT2D eigenvalue weighted by molar-refractivity contribution is 0.257. The molecule has 1 heterocycles. The molecular formula is C12H13ClN2O2. The van der Waals surface area contributed by atoms with Crippen LogP contribution in [-0.4, -0.2) is 16.9 Å². The predicted octanol–water partition coefficient (Wildman–Crippen LogP) is 3.05. The minimum Gasteiger partial charge on any atom is -0.443 e. The van der Waals surface area contributed by atoms with Gasteiger partial charge in [0.15, 0.2) is 12.0 Å². The number of oxazole rings is 1. The van der Waals surface area contributed by atoms with Gasteiger partial charge in [-0.3, -0.25) is 4.79 Å². The average molecular weight is 253 g/mol. The normalized spacial score (nSPS) is 11.7. The summed E-state index contributed by atoms with van der Waals surface area (Å²) in [5.74, 6) is 0. The molecule has 4 nitrogen and oxygen atoms in total. The molecule has 0 atom stereocenters. The Labute approximate surface area is 104 Å². The predicted molar refractivity (Wildman–Crippen MR) is 66.3 cm³/mol. The summed E-state index contributed by atoms with van der Waals surface area (Å²) in [7, 11) is 0. The molecule has 0 saturated heterocycles. The highest BCUT2D eigenvalue weighted by atomic mass is 35.5. The van der Waals surface area contributed by atoms with Gasteiger partial charge in [-0.1, -0.05) is 19.9 Å². The highest BCUT2D eigenvalue weighted by Gasteiger charge is 2.22. The average Bonchev–Trinajstić information content (AvgIpc) is 2.73. The van der Waals surface area contributed by atoms with Gasteiger partial charge in [-0.25, -0.2) is 4.98 Å². The molecule has 0 radical (unpaired) electrons. The van der Waals surface area contributed by atoms with Crippen molar-refractivity contribution in [1.29, 1.82) is 0 Å². The van der Waals surface area contributed by atoms with E-state index in [0.29, 0.717) is 6.54 Å². The number of rotatable bonds is 3. The van der Waals surface area contributed by atoms with Crippen molar-refractivity contribution in [2.45, 2.75) is 19.3 Å². The summed E-state index contributed by atoms with van der Waals surface area (Å²) >= 11 is 5.27. The molecule has 0 aliphatic carbocycles. The third kappa shape index (κ3) is 2.58. The number of nitrogens with one attached hydrogen (secondary N) is 1. The number of benzene rings is 1. The molecular weight excluding hydrogens is 240 g/mol. The standard InChI is InChI=1S/C12H13ClN2O2/c1-12(2,6-14-11(13)16)8-3-4-9-10(5-8)17-7-15-9/h3-5,7H,6H2,1-2H3,(H,14,16). The Kier molecular flexibility index (Phi) is 3.07. The van der Waals surface area contributed by atoms with E-state index in [2.05, 4.69) is 10.3 Å². The molecule has 0 aliphatic heterocycles. The fraction of sp³-hybridized carbons (Fsp3) is 0.333. The van der Waals surface area contributed by atoms with Crippen molar-refractivity contribution in [3.8, 4) is 0 Å². The SMILES string of the molecule is CC(C)(CNC(=O)Cl)c1ccc2ncoc2c1. The second-order valence-electron chi connectivity index (χ2n) is 4.55. The maximum Gasteiger partial charge on any atom is 0.313 e. The van der Waals surface area contributed by atoms with E-state index in [-0.39, 0.29) is 5.41 Å². The van der Waals surface area contributed by atoms with E-state index < -0.39 is 5.37 Å². The zero-order valence-corrected chi connectivity index (χ0v) is 10.4. The van der Waals surface area contributed by atoms with Crippen LogP contribution in [0.4, 0.5) is 4.79 Å². The molecule has 0 saturated carbocycles. The molecule has 5 heteroatoms. The summed E-state index contributed by atoms with van der Waals surface area (Å²) in [6.45, 7) is 4.52. The zero-order valence-electron chi connectivity index (χ0n) is 9.66. The molecule has 2 aromatic rings. The number of hydrogen-bond acceptors (Lipinski definition) is 3. The first-order valence-corrected chi connectivity index (χ1v) is 5.64. The van der Waals surface area contributed by atoms with E-state index >= 15 is 0 Å². The van der Waals surface area contributed by atoms with Crippen LogP contribution in [0, 0.1) is 0 Å². The lowest BCUT2D eigenvalue weighted by atomic mass is 9.84. The Morgan fingerprint density at radius 3 is 3.00 bits per heavy atom. The van der Waals surface area contributed by atoms with Crippen molar-refractivity contribution in [2.75, 3.05) is 6.54 Å². The molecule has 1 amide bonds. The molecule has 0 spiro atoms. The molecule has 0 fully saturated rings. The van der Waals surface area contributed by atoms with E-state index in [1.807, 2.05) is 32.0 Å². The van der Waals surface area contributed by atoms with Gasteiger partial charge in [-0.05, 0) is 29.3 Å². The number of hydrogen-bond donors (Lipinski definition) is 1. The number of fused-ring (bicyclic) bond motifs is 1. The van der Waals surface area contributed by atoms with Gasteiger partial charge in [0.25, 0.3) is 0 Å². The second-order valence-corrected chi connectivity index (χ2v) is 4.89. The van der Waals surface area contributed by atoms with Gasteiger partial charge < -0.3 is 9.73 Å². The number of nitrogens with zero attached hydrogens (tertiary/aromatic N) is 1. The first kappa shape index (κ1) is 11.9. The van der Waals surface area contributed by atoms with E-state index in [9.17, 15) is 4.79 Å². The second kappa shape index (κ2) is 4.37. The Bertz CT molecular complexity index is 548. The van der Waals surface area contributed by atoms with Crippen molar-refractivity contribution in [2.24, 2.45) is 0 Å². The minimum atomic E-state index is -0.543. The minimum absolute atomic E-state index is 0.217. The van der Waals surface area contributed by atoms with E-state index in [1.165, 1.54) is 6.39 Å². The van der Waals surface area contributed by atoms with Crippen LogP contribution in [0.25, 0.3) is 11.1 Å². The van der Waals surface area contributed by atoms with Gasteiger partial charge in [0, 0.05) is 12.0 Å². The summed E-state index contributed by atoms with van der Waals surface area (Å²) in [6.07, 6.45) is 1.42. The molecule has 90 valence electrons. The summed E-state index contributed by atoms with van der Waals surface area (Å²) in [6, 6.07) is 5.81. The van der Waals surface area contributed by atoms with E-state index in [1.54, 1.807) is 0 Å². The number of aromatic nitrogens is 1. The first-order valence-electron chi connectivity index (χ1n) is 5.26. The fourth-order valence-corrected chi connectivity index (χ4v) is 1.74. The Morgan fingerprint density at radius 1 is 1.53 bits per heavy atom. The Hall–Kier alpha value is -1.55. The first-order chi connectivity index (χ1) is 7.99. The summed E-state index contributed by atoms with van der Waals surface area (Å²) in [5.41, 5.74) is 2.41. The van der Waals surface area contributed by atoms with Crippen LogP contribution in [-0.2, 0) is 5.41 Å². The lowest BCUT2D eigenvalue weighted by Crippen LogP contribution is -2.34. The topological polar surface area (TPSA) is 55.1 Å². The van der Waals surface area contributed by atoms with Crippen molar-refractivity contribution in [3.05, 3.63) is 30.2 Å². The Morgan fingerprint density at radius 2 is 2.29 bits per heavy atom. The third-order valence-electron chi connectivity index (χ3n) is 2.78. The largest absolute Gasteiger partial charge is 0.443 e. The van der Waals surface area contributed by atoms with Gasteiger partial charge >= 0.3 is 5.37 Å². The van der Waals surface area contributed by atoms with Crippen LogP contribution in [0.3, 0.4) is 0 Å². The van der Waals surface area contributed by atoms with Gasteiger partial charge in [0.05, 0.1) is 0 Å². The maximum atomic E-state index is 10.7. The lowest BCUT2D eigenvalue weighted by Gasteiger charge is -2.24. The van der Waals surface area contributed by atoms with Gasteiger partial charge in [-0.15, -0.1) is 0 Å². The van der Waals surface area contributed by atoms with Crippen LogP contribution in [0.2, 0.25) is 0 Å². The van der Waals surface area contributed by atoms with Crippen LogP contribution in [0.1, 0.15) is 19.4 Å². The highest BCUT2D eigenvalue weighted by Crippen LogP contribution is 2.25. The molecule has 17 heavy (non-hydrogen) atoms. The van der Waals surface area contributed by atoms with E-state index in [4.69, 9.17) is 16.0 Å². The van der Waals surface area contributed by atoms with Gasteiger partial charge in [0.2, 0.25) is 0 Å². The van der Waals surface area contributed by atoms with Crippen LogP contribution < -0.4 is 5.32 Å². The molecule has 0 unspecified atom stereocenters. The number of carbonyl (C=O) groups is 1. The third-order valence-corrected chi connectivity index (χ3v) is 2.92. The molecule has 0 aliphatic rings. The van der Waals surface area contributed by atoms with Crippen LogP contribution >= 0.6 is 11.6 Å².